The Hall–Kier alpha value is -3.00. The van der Waals surface area contributed by atoms with Crippen LogP contribution in [0.5, 0.6) is 0 Å². The normalized spacial score (nSPS) is 11.1. The van der Waals surface area contributed by atoms with Crippen LogP contribution in [-0.4, -0.2) is 33.1 Å². The molecule has 2 N–H and O–H groups in total. The third-order valence-corrected chi connectivity index (χ3v) is 4.91. The first-order valence-corrected chi connectivity index (χ1v) is 9.45. The van der Waals surface area contributed by atoms with E-state index in [-0.39, 0.29) is 18.4 Å². The van der Waals surface area contributed by atoms with Crippen molar-refractivity contribution in [3.05, 3.63) is 71.2 Å². The molecule has 0 bridgehead atoms. The number of anilines is 1. The van der Waals surface area contributed by atoms with Gasteiger partial charge in [0.2, 0.25) is 11.8 Å². The molecular formula is C20H20BrN5O2. The molecule has 1 heterocycles. The largest absolute Gasteiger partial charge is 0.346 e. The third kappa shape index (κ3) is 4.64. The lowest BCUT2D eigenvalue weighted by Gasteiger charge is -2.24. The molecule has 0 unspecified atom stereocenters. The molecule has 3 aromatic rings. The van der Waals surface area contributed by atoms with Gasteiger partial charge in [-0.15, -0.1) is 0 Å². The van der Waals surface area contributed by atoms with E-state index in [2.05, 4.69) is 36.6 Å². The van der Waals surface area contributed by atoms with Crippen LogP contribution in [0.1, 0.15) is 19.4 Å². The molecule has 0 radical (unpaired) electrons. The topological polar surface area (TPSA) is 88.9 Å². The maximum Gasteiger partial charge on any atom is 0.243 e. The number of hydrogen-bond donors (Lipinski definition) is 2. The van der Waals surface area contributed by atoms with Gasteiger partial charge in [-0.2, -0.15) is 5.10 Å². The molecular weight excluding hydrogens is 422 g/mol. The summed E-state index contributed by atoms with van der Waals surface area (Å²) in [6, 6.07) is 14.7. The summed E-state index contributed by atoms with van der Waals surface area (Å²) in [5.41, 5.74) is 1.59. The van der Waals surface area contributed by atoms with E-state index >= 15 is 0 Å². The van der Waals surface area contributed by atoms with Gasteiger partial charge < -0.3 is 10.6 Å². The van der Waals surface area contributed by atoms with E-state index in [1.165, 1.54) is 6.33 Å². The summed E-state index contributed by atoms with van der Waals surface area (Å²) in [6.45, 7) is 3.54. The number of carbonyl (C=O) groups excluding carboxylic acids is 2. The maximum atomic E-state index is 12.6. The van der Waals surface area contributed by atoms with Gasteiger partial charge >= 0.3 is 0 Å². The van der Waals surface area contributed by atoms with Gasteiger partial charge in [0, 0.05) is 10.2 Å². The van der Waals surface area contributed by atoms with Crippen molar-refractivity contribution in [3.8, 4) is 5.69 Å². The number of nitrogens with one attached hydrogen (secondary N) is 2. The zero-order valence-electron chi connectivity index (χ0n) is 15.5. The average Bonchev–Trinajstić information content (AvgIpc) is 3.22. The Kier molecular flexibility index (Phi) is 5.89. The Morgan fingerprint density at radius 1 is 1.07 bits per heavy atom. The molecule has 28 heavy (non-hydrogen) atoms. The number of aromatic nitrogens is 3. The number of nitrogens with zero attached hydrogens (tertiary/aromatic N) is 3. The summed E-state index contributed by atoms with van der Waals surface area (Å²) in [6.07, 6.45) is 3.05. The van der Waals surface area contributed by atoms with Crippen LogP contribution in [0.4, 0.5) is 5.69 Å². The van der Waals surface area contributed by atoms with Crippen molar-refractivity contribution in [2.45, 2.75) is 19.3 Å². The second kappa shape index (κ2) is 8.35. The Morgan fingerprint density at radius 3 is 2.36 bits per heavy atom. The van der Waals surface area contributed by atoms with Crippen molar-refractivity contribution >= 4 is 33.4 Å². The van der Waals surface area contributed by atoms with E-state index in [1.807, 2.05) is 50.2 Å². The maximum absolute atomic E-state index is 12.6. The van der Waals surface area contributed by atoms with Crippen molar-refractivity contribution in [2.75, 3.05) is 11.9 Å². The fraction of sp³-hybridized carbons (Fsp3) is 0.200. The number of halogens is 1. The standard InChI is InChI=1S/C20H20BrN5O2/c1-20(2,14-3-5-15(21)6-4-14)19(28)23-11-18(27)25-16-7-9-17(10-8-16)26-13-22-12-24-26/h3-10,12-13H,11H2,1-2H3,(H,23,28)(H,25,27). The molecule has 7 nitrogen and oxygen atoms in total. The number of benzene rings is 2. The predicted octanol–water partition coefficient (Wildman–Crippen LogP) is 3.06. The second-order valence-corrected chi connectivity index (χ2v) is 7.67. The highest BCUT2D eigenvalue weighted by Gasteiger charge is 2.29. The zero-order valence-corrected chi connectivity index (χ0v) is 17.1. The van der Waals surface area contributed by atoms with Crippen LogP contribution in [0, 0.1) is 0 Å². The van der Waals surface area contributed by atoms with E-state index in [9.17, 15) is 9.59 Å². The van der Waals surface area contributed by atoms with Crippen LogP contribution in [-0.2, 0) is 15.0 Å². The van der Waals surface area contributed by atoms with Crippen LogP contribution < -0.4 is 10.6 Å². The van der Waals surface area contributed by atoms with Gasteiger partial charge in [0.25, 0.3) is 0 Å². The van der Waals surface area contributed by atoms with E-state index in [0.29, 0.717) is 5.69 Å². The molecule has 3 rings (SSSR count). The lowest BCUT2D eigenvalue weighted by atomic mass is 9.84. The van der Waals surface area contributed by atoms with Crippen LogP contribution in [0.15, 0.2) is 65.7 Å². The van der Waals surface area contributed by atoms with Crippen LogP contribution in [0.25, 0.3) is 5.69 Å². The highest BCUT2D eigenvalue weighted by molar-refractivity contribution is 9.10. The molecule has 0 aliphatic carbocycles. The fourth-order valence-corrected chi connectivity index (χ4v) is 2.89. The highest BCUT2D eigenvalue weighted by Crippen LogP contribution is 2.25. The zero-order chi connectivity index (χ0) is 20.1. The fourth-order valence-electron chi connectivity index (χ4n) is 2.62. The minimum Gasteiger partial charge on any atom is -0.346 e. The second-order valence-electron chi connectivity index (χ2n) is 6.75. The first kappa shape index (κ1) is 19.8. The molecule has 0 aliphatic heterocycles. The number of rotatable bonds is 6. The Bertz CT molecular complexity index is 951. The van der Waals surface area contributed by atoms with Gasteiger partial charge in [-0.05, 0) is 55.8 Å². The van der Waals surface area contributed by atoms with Crippen LogP contribution in [0.3, 0.4) is 0 Å². The molecule has 144 valence electrons. The molecule has 0 atom stereocenters. The minimum absolute atomic E-state index is 0.108. The van der Waals surface area contributed by atoms with E-state index in [1.54, 1.807) is 23.1 Å². The van der Waals surface area contributed by atoms with Crippen molar-refractivity contribution < 1.29 is 9.59 Å². The molecule has 0 saturated heterocycles. The van der Waals surface area contributed by atoms with Crippen molar-refractivity contribution in [1.82, 2.24) is 20.1 Å². The van der Waals surface area contributed by atoms with Crippen molar-refractivity contribution in [3.63, 3.8) is 0 Å². The summed E-state index contributed by atoms with van der Waals surface area (Å²) in [5, 5.41) is 9.51. The molecule has 0 fully saturated rings. The summed E-state index contributed by atoms with van der Waals surface area (Å²) < 4.78 is 2.57. The number of amides is 2. The molecule has 1 aromatic heterocycles. The molecule has 2 amide bonds. The van der Waals surface area contributed by atoms with Crippen molar-refractivity contribution in [2.24, 2.45) is 0 Å². The summed E-state index contributed by atoms with van der Waals surface area (Å²) in [5.74, 6) is -0.514. The minimum atomic E-state index is -0.750. The van der Waals surface area contributed by atoms with Crippen molar-refractivity contribution in [1.29, 1.82) is 0 Å². The Morgan fingerprint density at radius 2 is 1.75 bits per heavy atom. The molecule has 2 aromatic carbocycles. The predicted molar refractivity (Wildman–Crippen MR) is 110 cm³/mol. The van der Waals surface area contributed by atoms with Gasteiger partial charge in [-0.25, -0.2) is 9.67 Å². The van der Waals surface area contributed by atoms with Gasteiger partial charge in [0.05, 0.1) is 17.6 Å². The van der Waals surface area contributed by atoms with Gasteiger partial charge in [0.1, 0.15) is 12.7 Å². The van der Waals surface area contributed by atoms with E-state index in [4.69, 9.17) is 0 Å². The first-order valence-electron chi connectivity index (χ1n) is 8.65. The monoisotopic (exact) mass is 441 g/mol. The lowest BCUT2D eigenvalue weighted by molar-refractivity contribution is -0.127. The highest BCUT2D eigenvalue weighted by atomic mass is 79.9. The number of carbonyl (C=O) groups is 2. The van der Waals surface area contributed by atoms with Gasteiger partial charge in [0.15, 0.2) is 0 Å². The summed E-state index contributed by atoms with van der Waals surface area (Å²) in [7, 11) is 0. The van der Waals surface area contributed by atoms with Gasteiger partial charge in [-0.1, -0.05) is 28.1 Å². The van der Waals surface area contributed by atoms with Gasteiger partial charge in [-0.3, -0.25) is 9.59 Å². The Labute approximate surface area is 171 Å². The molecule has 0 aliphatic rings. The molecule has 8 heteroatoms. The molecule has 0 saturated carbocycles. The lowest BCUT2D eigenvalue weighted by Crippen LogP contribution is -2.43. The van der Waals surface area contributed by atoms with E-state index in [0.717, 1.165) is 15.7 Å². The molecule has 0 spiro atoms. The SMILES string of the molecule is CC(C)(C(=O)NCC(=O)Nc1ccc(-n2cncn2)cc1)c1ccc(Br)cc1. The number of hydrogen-bond acceptors (Lipinski definition) is 4. The third-order valence-electron chi connectivity index (χ3n) is 4.38. The Balaban J connectivity index is 1.55. The quantitative estimate of drug-likeness (QED) is 0.614. The van der Waals surface area contributed by atoms with Crippen LogP contribution >= 0.6 is 15.9 Å². The first-order chi connectivity index (χ1) is 13.4. The smallest absolute Gasteiger partial charge is 0.243 e. The summed E-state index contributed by atoms with van der Waals surface area (Å²) in [4.78, 5) is 28.6. The average molecular weight is 442 g/mol. The van der Waals surface area contributed by atoms with E-state index < -0.39 is 5.41 Å². The summed E-state index contributed by atoms with van der Waals surface area (Å²) >= 11 is 3.38. The van der Waals surface area contributed by atoms with Crippen LogP contribution in [0.2, 0.25) is 0 Å².